The highest BCUT2D eigenvalue weighted by Crippen LogP contribution is 2.22. The minimum absolute atomic E-state index is 0.0343. The fraction of sp³-hybridized carbons (Fsp3) is 0.333. The summed E-state index contributed by atoms with van der Waals surface area (Å²) < 4.78 is 15.7. The fourth-order valence-corrected chi connectivity index (χ4v) is 4.41. The van der Waals surface area contributed by atoms with Crippen molar-refractivity contribution in [3.05, 3.63) is 64.4 Å². The number of piperazine rings is 1. The molecule has 0 N–H and O–H groups in total. The molecule has 2 aromatic carbocycles. The van der Waals surface area contributed by atoms with Gasteiger partial charge in [0.05, 0.1) is 11.4 Å². The van der Waals surface area contributed by atoms with Crippen LogP contribution >= 0.6 is 23.4 Å². The van der Waals surface area contributed by atoms with Crippen molar-refractivity contribution in [3.63, 3.8) is 0 Å². The average molecular weight is 461 g/mol. The number of rotatable bonds is 6. The van der Waals surface area contributed by atoms with Gasteiger partial charge in [-0.3, -0.25) is 9.69 Å². The maximum Gasteiger partial charge on any atom is 0.233 e. The Morgan fingerprint density at radius 2 is 1.87 bits per heavy atom. The van der Waals surface area contributed by atoms with Crippen LogP contribution in [0.3, 0.4) is 0 Å². The van der Waals surface area contributed by atoms with Crippen molar-refractivity contribution in [1.29, 1.82) is 0 Å². The van der Waals surface area contributed by atoms with E-state index in [9.17, 15) is 9.18 Å². The Morgan fingerprint density at radius 3 is 2.58 bits per heavy atom. The molecule has 0 aliphatic carbocycles. The predicted molar refractivity (Wildman–Crippen MR) is 118 cm³/mol. The van der Waals surface area contributed by atoms with Gasteiger partial charge in [-0.2, -0.15) is 4.68 Å². The standard InChI is InChI=1S/C21H22ClFN6OS/c1-15-5-7-16(8-6-15)29-21(24-25-26-29)31-14-20(30)28-11-9-27(10-12-28)13-17-18(22)3-2-4-19(17)23/h2-8H,9-14H2,1H3. The van der Waals surface area contributed by atoms with Crippen molar-refractivity contribution >= 4 is 29.3 Å². The lowest BCUT2D eigenvalue weighted by atomic mass is 10.2. The Kier molecular flexibility index (Phi) is 6.84. The van der Waals surface area contributed by atoms with Gasteiger partial charge in [-0.25, -0.2) is 4.39 Å². The lowest BCUT2D eigenvalue weighted by molar-refractivity contribution is -0.130. The van der Waals surface area contributed by atoms with E-state index < -0.39 is 0 Å². The number of aryl methyl sites for hydroxylation is 1. The second-order valence-corrected chi connectivity index (χ2v) is 8.70. The quantitative estimate of drug-likeness (QED) is 0.526. The molecule has 0 bridgehead atoms. The molecule has 0 radical (unpaired) electrons. The van der Waals surface area contributed by atoms with Crippen molar-refractivity contribution in [1.82, 2.24) is 30.0 Å². The molecule has 10 heteroatoms. The molecule has 0 atom stereocenters. The van der Waals surface area contributed by atoms with E-state index in [1.807, 2.05) is 36.1 Å². The molecule has 0 spiro atoms. The fourth-order valence-electron chi connectivity index (χ4n) is 3.40. The first-order chi connectivity index (χ1) is 15.0. The van der Waals surface area contributed by atoms with E-state index in [0.29, 0.717) is 48.5 Å². The number of benzene rings is 2. The minimum Gasteiger partial charge on any atom is -0.339 e. The third kappa shape index (κ3) is 5.23. The van der Waals surface area contributed by atoms with Gasteiger partial charge in [0.1, 0.15) is 5.82 Å². The maximum atomic E-state index is 14.0. The van der Waals surface area contributed by atoms with Crippen molar-refractivity contribution in [3.8, 4) is 5.69 Å². The van der Waals surface area contributed by atoms with Gasteiger partial charge in [0.15, 0.2) is 0 Å². The summed E-state index contributed by atoms with van der Waals surface area (Å²) in [6.45, 7) is 4.98. The summed E-state index contributed by atoms with van der Waals surface area (Å²) >= 11 is 7.45. The van der Waals surface area contributed by atoms with Crippen LogP contribution in [0.5, 0.6) is 0 Å². The maximum absolute atomic E-state index is 14.0. The second kappa shape index (κ2) is 9.76. The molecular weight excluding hydrogens is 439 g/mol. The van der Waals surface area contributed by atoms with Crippen LogP contribution in [0.15, 0.2) is 47.6 Å². The first-order valence-corrected chi connectivity index (χ1v) is 11.3. The van der Waals surface area contributed by atoms with Crippen LogP contribution in [0.4, 0.5) is 4.39 Å². The molecular formula is C21H22ClFN6OS. The van der Waals surface area contributed by atoms with E-state index in [2.05, 4.69) is 20.4 Å². The molecule has 1 aliphatic rings. The first-order valence-electron chi connectivity index (χ1n) is 9.92. The third-order valence-electron chi connectivity index (χ3n) is 5.21. The monoisotopic (exact) mass is 460 g/mol. The lowest BCUT2D eigenvalue weighted by Gasteiger charge is -2.34. The normalized spacial score (nSPS) is 14.7. The van der Waals surface area contributed by atoms with Gasteiger partial charge in [-0.15, -0.1) is 5.10 Å². The molecule has 3 aromatic rings. The van der Waals surface area contributed by atoms with Crippen molar-refractivity contribution < 1.29 is 9.18 Å². The summed E-state index contributed by atoms with van der Waals surface area (Å²) in [6, 6.07) is 12.6. The Balaban J connectivity index is 1.29. The molecule has 1 saturated heterocycles. The van der Waals surface area contributed by atoms with Crippen LogP contribution in [0.1, 0.15) is 11.1 Å². The molecule has 162 valence electrons. The molecule has 0 saturated carbocycles. The van der Waals surface area contributed by atoms with Gasteiger partial charge in [-0.05, 0) is 41.6 Å². The zero-order chi connectivity index (χ0) is 21.8. The minimum atomic E-state index is -0.297. The molecule has 0 unspecified atom stereocenters. The molecule has 7 nitrogen and oxygen atoms in total. The number of hydrogen-bond donors (Lipinski definition) is 0. The highest BCUT2D eigenvalue weighted by Gasteiger charge is 2.23. The lowest BCUT2D eigenvalue weighted by Crippen LogP contribution is -2.48. The molecule has 4 rings (SSSR count). The molecule has 2 heterocycles. The third-order valence-corrected chi connectivity index (χ3v) is 6.47. The van der Waals surface area contributed by atoms with Gasteiger partial charge in [0.25, 0.3) is 0 Å². The number of carbonyl (C=O) groups excluding carboxylic acids is 1. The van der Waals surface area contributed by atoms with Gasteiger partial charge < -0.3 is 4.90 Å². The summed E-state index contributed by atoms with van der Waals surface area (Å²) in [5, 5.41) is 12.8. The highest BCUT2D eigenvalue weighted by molar-refractivity contribution is 7.99. The van der Waals surface area contributed by atoms with Crippen molar-refractivity contribution in [2.75, 3.05) is 31.9 Å². The van der Waals surface area contributed by atoms with Crippen LogP contribution in [0, 0.1) is 12.7 Å². The average Bonchev–Trinajstić information content (AvgIpc) is 3.24. The molecule has 1 aliphatic heterocycles. The number of thioether (sulfide) groups is 1. The molecule has 31 heavy (non-hydrogen) atoms. The van der Waals surface area contributed by atoms with E-state index in [1.165, 1.54) is 17.8 Å². The Hall–Kier alpha value is -2.49. The van der Waals surface area contributed by atoms with E-state index in [1.54, 1.807) is 16.8 Å². The van der Waals surface area contributed by atoms with E-state index >= 15 is 0 Å². The van der Waals surface area contributed by atoms with Crippen molar-refractivity contribution in [2.24, 2.45) is 0 Å². The molecule has 1 amide bonds. The van der Waals surface area contributed by atoms with Gasteiger partial charge >= 0.3 is 0 Å². The Labute approximate surface area is 189 Å². The van der Waals surface area contributed by atoms with Crippen LogP contribution in [-0.2, 0) is 11.3 Å². The zero-order valence-electron chi connectivity index (χ0n) is 17.0. The summed E-state index contributed by atoms with van der Waals surface area (Å²) in [7, 11) is 0. The van der Waals surface area contributed by atoms with Gasteiger partial charge in [0.2, 0.25) is 11.1 Å². The van der Waals surface area contributed by atoms with Gasteiger partial charge in [-0.1, -0.05) is 47.1 Å². The zero-order valence-corrected chi connectivity index (χ0v) is 18.6. The second-order valence-electron chi connectivity index (χ2n) is 7.35. The summed E-state index contributed by atoms with van der Waals surface area (Å²) in [4.78, 5) is 16.6. The first kappa shape index (κ1) is 21.7. The van der Waals surface area contributed by atoms with Crippen LogP contribution in [-0.4, -0.2) is 67.8 Å². The van der Waals surface area contributed by atoms with Crippen LogP contribution in [0.25, 0.3) is 5.69 Å². The van der Waals surface area contributed by atoms with Gasteiger partial charge in [0, 0.05) is 43.3 Å². The van der Waals surface area contributed by atoms with E-state index in [-0.39, 0.29) is 17.5 Å². The number of amides is 1. The number of aromatic nitrogens is 4. The van der Waals surface area contributed by atoms with E-state index in [4.69, 9.17) is 11.6 Å². The summed E-state index contributed by atoms with van der Waals surface area (Å²) in [6.07, 6.45) is 0. The molecule has 1 aromatic heterocycles. The van der Waals surface area contributed by atoms with Crippen LogP contribution < -0.4 is 0 Å². The highest BCUT2D eigenvalue weighted by atomic mass is 35.5. The number of tetrazole rings is 1. The topological polar surface area (TPSA) is 67.2 Å². The molecule has 1 fully saturated rings. The Morgan fingerprint density at radius 1 is 1.13 bits per heavy atom. The predicted octanol–water partition coefficient (Wildman–Crippen LogP) is 3.20. The number of hydrogen-bond acceptors (Lipinski definition) is 6. The summed E-state index contributed by atoms with van der Waals surface area (Å²) in [5.41, 5.74) is 2.51. The smallest absolute Gasteiger partial charge is 0.233 e. The van der Waals surface area contributed by atoms with E-state index in [0.717, 1.165) is 11.3 Å². The number of carbonyl (C=O) groups is 1. The number of halogens is 2. The SMILES string of the molecule is Cc1ccc(-n2nnnc2SCC(=O)N2CCN(Cc3c(F)cccc3Cl)CC2)cc1. The number of nitrogens with zero attached hydrogens (tertiary/aromatic N) is 6. The largest absolute Gasteiger partial charge is 0.339 e. The Bertz CT molecular complexity index is 1030. The van der Waals surface area contributed by atoms with Crippen LogP contribution in [0.2, 0.25) is 5.02 Å². The van der Waals surface area contributed by atoms with Crippen molar-refractivity contribution in [2.45, 2.75) is 18.6 Å². The summed E-state index contributed by atoms with van der Waals surface area (Å²) in [5.74, 6) is -0.00788.